The molecule has 0 saturated carbocycles. The first-order valence-electron chi connectivity index (χ1n) is 6.45. The van der Waals surface area contributed by atoms with E-state index in [-0.39, 0.29) is 0 Å². The quantitative estimate of drug-likeness (QED) is 0.784. The molecule has 2 rings (SSSR count). The molecular weight excluding hydrogens is 226 g/mol. The summed E-state index contributed by atoms with van der Waals surface area (Å²) in [7, 11) is 5.94. The normalized spacial score (nSPS) is 17.6. The van der Waals surface area contributed by atoms with Crippen molar-refractivity contribution in [1.82, 2.24) is 15.5 Å². The van der Waals surface area contributed by atoms with E-state index < -0.39 is 0 Å². The number of hydrogen-bond acceptors (Lipinski definition) is 4. The van der Waals surface area contributed by atoms with E-state index in [9.17, 15) is 0 Å². The third-order valence-corrected chi connectivity index (χ3v) is 3.48. The monoisotopic (exact) mass is 249 g/mol. The first kappa shape index (κ1) is 13.3. The van der Waals surface area contributed by atoms with Crippen molar-refractivity contribution < 1.29 is 4.74 Å². The zero-order valence-corrected chi connectivity index (χ0v) is 11.4. The highest BCUT2D eigenvalue weighted by Crippen LogP contribution is 2.22. The van der Waals surface area contributed by atoms with Crippen molar-refractivity contribution in [3.63, 3.8) is 0 Å². The van der Waals surface area contributed by atoms with Gasteiger partial charge in [0.05, 0.1) is 7.11 Å². The summed E-state index contributed by atoms with van der Waals surface area (Å²) in [5.41, 5.74) is 1.29. The van der Waals surface area contributed by atoms with Gasteiger partial charge in [0, 0.05) is 31.7 Å². The summed E-state index contributed by atoms with van der Waals surface area (Å²) in [6.45, 7) is 3.13. The van der Waals surface area contributed by atoms with Crippen LogP contribution in [0.1, 0.15) is 11.6 Å². The van der Waals surface area contributed by atoms with Gasteiger partial charge in [-0.05, 0) is 31.8 Å². The van der Waals surface area contributed by atoms with Gasteiger partial charge in [-0.25, -0.2) is 0 Å². The summed E-state index contributed by atoms with van der Waals surface area (Å²) in [5.74, 6) is 0.921. The molecule has 0 bridgehead atoms. The van der Waals surface area contributed by atoms with Crippen LogP contribution in [0.15, 0.2) is 24.3 Å². The van der Waals surface area contributed by atoms with Crippen LogP contribution < -0.4 is 15.4 Å². The summed E-state index contributed by atoms with van der Waals surface area (Å²) in [4.78, 5) is 2.24. The maximum Gasteiger partial charge on any atom is 0.119 e. The predicted molar refractivity (Wildman–Crippen MR) is 74.1 cm³/mol. The van der Waals surface area contributed by atoms with E-state index in [2.05, 4.69) is 47.8 Å². The highest BCUT2D eigenvalue weighted by atomic mass is 16.5. The van der Waals surface area contributed by atoms with Crippen LogP contribution in [0.3, 0.4) is 0 Å². The number of benzene rings is 1. The largest absolute Gasteiger partial charge is 0.497 e. The Morgan fingerprint density at radius 2 is 2.22 bits per heavy atom. The Morgan fingerprint density at radius 3 is 2.78 bits per heavy atom. The Hall–Kier alpha value is -1.10. The number of nitrogens with one attached hydrogen (secondary N) is 2. The van der Waals surface area contributed by atoms with Gasteiger partial charge in [0.2, 0.25) is 0 Å². The van der Waals surface area contributed by atoms with Gasteiger partial charge in [0.15, 0.2) is 0 Å². The Bertz CT molecular complexity index is 377. The standard InChI is InChI=1S/C14H23N3O/c1-17(2)14(10-16-12-8-15-9-12)11-5-4-6-13(7-11)18-3/h4-7,12,14-16H,8-10H2,1-3H3. The van der Waals surface area contributed by atoms with Crippen LogP contribution in [0.2, 0.25) is 0 Å². The number of rotatable bonds is 6. The summed E-state index contributed by atoms with van der Waals surface area (Å²) < 4.78 is 5.29. The molecule has 1 aliphatic heterocycles. The lowest BCUT2D eigenvalue weighted by molar-refractivity contribution is 0.261. The average molecular weight is 249 g/mol. The lowest BCUT2D eigenvalue weighted by Crippen LogP contribution is -2.56. The van der Waals surface area contributed by atoms with Crippen LogP contribution in [0.5, 0.6) is 5.75 Å². The van der Waals surface area contributed by atoms with Crippen LogP contribution in [-0.2, 0) is 0 Å². The van der Waals surface area contributed by atoms with E-state index in [0.717, 1.165) is 25.4 Å². The first-order chi connectivity index (χ1) is 8.70. The van der Waals surface area contributed by atoms with E-state index in [1.807, 2.05) is 6.07 Å². The fourth-order valence-corrected chi connectivity index (χ4v) is 2.16. The van der Waals surface area contributed by atoms with Gasteiger partial charge in [0.1, 0.15) is 5.75 Å². The summed E-state index contributed by atoms with van der Waals surface area (Å²) in [6, 6.07) is 9.31. The zero-order valence-electron chi connectivity index (χ0n) is 11.4. The van der Waals surface area contributed by atoms with Gasteiger partial charge in [0.25, 0.3) is 0 Å². The van der Waals surface area contributed by atoms with Crippen molar-refractivity contribution in [2.75, 3.05) is 40.8 Å². The highest BCUT2D eigenvalue weighted by Gasteiger charge is 2.20. The maximum absolute atomic E-state index is 5.29. The van der Waals surface area contributed by atoms with E-state index >= 15 is 0 Å². The third kappa shape index (κ3) is 3.22. The van der Waals surface area contributed by atoms with Crippen molar-refractivity contribution in [2.45, 2.75) is 12.1 Å². The zero-order chi connectivity index (χ0) is 13.0. The van der Waals surface area contributed by atoms with Crippen LogP contribution in [0, 0.1) is 0 Å². The average Bonchev–Trinajstić information content (AvgIpc) is 2.32. The minimum Gasteiger partial charge on any atom is -0.497 e. The van der Waals surface area contributed by atoms with Gasteiger partial charge >= 0.3 is 0 Å². The van der Waals surface area contributed by atoms with Crippen LogP contribution in [0.4, 0.5) is 0 Å². The van der Waals surface area contributed by atoms with Gasteiger partial charge in [-0.3, -0.25) is 0 Å². The Labute approximate surface area is 109 Å². The molecule has 1 heterocycles. The molecule has 1 aromatic rings. The molecule has 1 atom stereocenters. The summed E-state index contributed by atoms with van der Waals surface area (Å²) in [6.07, 6.45) is 0. The van der Waals surface area contributed by atoms with Crippen molar-refractivity contribution in [3.8, 4) is 5.75 Å². The van der Waals surface area contributed by atoms with E-state index in [1.54, 1.807) is 7.11 Å². The molecule has 1 aromatic carbocycles. The Balaban J connectivity index is 2.02. The predicted octanol–water partition coefficient (Wildman–Crippen LogP) is 0.859. The number of ether oxygens (including phenoxy) is 1. The van der Waals surface area contributed by atoms with Crippen molar-refractivity contribution in [1.29, 1.82) is 0 Å². The molecule has 0 spiro atoms. The minimum absolute atomic E-state index is 0.376. The van der Waals surface area contributed by atoms with E-state index in [4.69, 9.17) is 4.74 Å². The number of methoxy groups -OCH3 is 1. The lowest BCUT2D eigenvalue weighted by atomic mass is 10.0. The van der Waals surface area contributed by atoms with Crippen LogP contribution >= 0.6 is 0 Å². The maximum atomic E-state index is 5.29. The molecular formula is C14H23N3O. The molecule has 1 aliphatic rings. The van der Waals surface area contributed by atoms with Crippen molar-refractivity contribution in [2.24, 2.45) is 0 Å². The Morgan fingerprint density at radius 1 is 1.44 bits per heavy atom. The molecule has 0 aromatic heterocycles. The fraction of sp³-hybridized carbons (Fsp3) is 0.571. The molecule has 1 saturated heterocycles. The fourth-order valence-electron chi connectivity index (χ4n) is 2.16. The van der Waals surface area contributed by atoms with Crippen LogP contribution in [0.25, 0.3) is 0 Å². The number of hydrogen-bond donors (Lipinski definition) is 2. The molecule has 1 unspecified atom stereocenters. The summed E-state index contributed by atoms with van der Waals surface area (Å²) in [5, 5.41) is 6.87. The molecule has 2 N–H and O–H groups in total. The topological polar surface area (TPSA) is 36.5 Å². The molecule has 0 radical (unpaired) electrons. The van der Waals surface area contributed by atoms with Crippen LogP contribution in [-0.4, -0.2) is 51.8 Å². The van der Waals surface area contributed by atoms with Crippen molar-refractivity contribution in [3.05, 3.63) is 29.8 Å². The number of nitrogens with zero attached hydrogens (tertiary/aromatic N) is 1. The van der Waals surface area contributed by atoms with Gasteiger partial charge in [-0.1, -0.05) is 12.1 Å². The molecule has 100 valence electrons. The summed E-state index contributed by atoms with van der Waals surface area (Å²) >= 11 is 0. The smallest absolute Gasteiger partial charge is 0.119 e. The molecule has 0 aliphatic carbocycles. The minimum atomic E-state index is 0.376. The van der Waals surface area contributed by atoms with E-state index in [0.29, 0.717) is 12.1 Å². The molecule has 4 heteroatoms. The second-order valence-electron chi connectivity index (χ2n) is 5.02. The molecule has 0 amide bonds. The van der Waals surface area contributed by atoms with Gasteiger partial charge in [-0.2, -0.15) is 0 Å². The van der Waals surface area contributed by atoms with Gasteiger partial charge in [-0.15, -0.1) is 0 Å². The van der Waals surface area contributed by atoms with Crippen molar-refractivity contribution >= 4 is 0 Å². The van der Waals surface area contributed by atoms with E-state index in [1.165, 1.54) is 5.56 Å². The first-order valence-corrected chi connectivity index (χ1v) is 6.45. The number of likely N-dealkylation sites (N-methyl/N-ethyl adjacent to an activating group) is 1. The molecule has 18 heavy (non-hydrogen) atoms. The van der Waals surface area contributed by atoms with Gasteiger partial charge < -0.3 is 20.3 Å². The highest BCUT2D eigenvalue weighted by molar-refractivity contribution is 5.30. The molecule has 4 nitrogen and oxygen atoms in total. The second kappa shape index (κ2) is 6.18. The third-order valence-electron chi connectivity index (χ3n) is 3.48. The lowest BCUT2D eigenvalue weighted by Gasteiger charge is -2.32. The second-order valence-corrected chi connectivity index (χ2v) is 5.02. The Kier molecular flexibility index (Phi) is 4.58. The molecule has 1 fully saturated rings. The SMILES string of the molecule is COc1cccc(C(CNC2CNC2)N(C)C)c1.